The zero-order chi connectivity index (χ0) is 15.7. The van der Waals surface area contributed by atoms with E-state index in [-0.39, 0.29) is 22.5 Å². The van der Waals surface area contributed by atoms with Gasteiger partial charge in [-0.15, -0.1) is 0 Å². The van der Waals surface area contributed by atoms with E-state index >= 15 is 0 Å². The van der Waals surface area contributed by atoms with Crippen molar-refractivity contribution in [3.63, 3.8) is 0 Å². The van der Waals surface area contributed by atoms with Gasteiger partial charge in [-0.25, -0.2) is 0 Å². The first kappa shape index (κ1) is 14.6. The number of ketones is 2. The second-order valence-corrected chi connectivity index (χ2v) is 8.54. The molecule has 0 aromatic heterocycles. The predicted molar refractivity (Wildman–Crippen MR) is 83.1 cm³/mol. The van der Waals surface area contributed by atoms with Crippen molar-refractivity contribution in [3.8, 4) is 0 Å². The number of allylic oxidation sites excluding steroid dienone is 1. The lowest BCUT2D eigenvalue weighted by atomic mass is 9.46. The van der Waals surface area contributed by atoms with Crippen LogP contribution < -0.4 is 0 Å². The summed E-state index contributed by atoms with van der Waals surface area (Å²) in [7, 11) is 0. The van der Waals surface area contributed by atoms with Crippen LogP contribution in [0.1, 0.15) is 58.8 Å². The lowest BCUT2D eigenvalue weighted by Gasteiger charge is -2.58. The van der Waals surface area contributed by atoms with Gasteiger partial charge in [0.05, 0.1) is 6.10 Å². The molecule has 0 amide bonds. The van der Waals surface area contributed by atoms with Gasteiger partial charge in [0, 0.05) is 18.3 Å². The Bertz CT molecular complexity index is 577. The first-order valence-corrected chi connectivity index (χ1v) is 8.81. The zero-order valence-corrected chi connectivity index (χ0v) is 13.6. The van der Waals surface area contributed by atoms with Crippen LogP contribution in [0.3, 0.4) is 0 Å². The number of fused-ring (bicyclic) bond motifs is 5. The van der Waals surface area contributed by atoms with Gasteiger partial charge in [-0.2, -0.15) is 0 Å². The Morgan fingerprint density at radius 2 is 1.86 bits per heavy atom. The maximum Gasteiger partial charge on any atom is 0.155 e. The summed E-state index contributed by atoms with van der Waals surface area (Å²) in [5.74, 6) is 1.71. The van der Waals surface area contributed by atoms with Crippen LogP contribution in [0.4, 0.5) is 0 Å². The van der Waals surface area contributed by atoms with Crippen molar-refractivity contribution in [2.45, 2.75) is 64.9 Å². The predicted octanol–water partition coefficient (Wildman–Crippen LogP) is 3.06. The third-order valence-electron chi connectivity index (χ3n) is 7.61. The summed E-state index contributed by atoms with van der Waals surface area (Å²) in [5.41, 5.74) is 0.920. The molecule has 3 heteroatoms. The summed E-state index contributed by atoms with van der Waals surface area (Å²) >= 11 is 0. The molecule has 0 aromatic carbocycles. The minimum atomic E-state index is -0.407. The van der Waals surface area contributed by atoms with Gasteiger partial charge in [-0.05, 0) is 61.3 Å². The summed E-state index contributed by atoms with van der Waals surface area (Å²) in [4.78, 5) is 24.2. The summed E-state index contributed by atoms with van der Waals surface area (Å²) in [6, 6.07) is 0. The number of aliphatic hydroxyl groups is 1. The van der Waals surface area contributed by atoms with Crippen molar-refractivity contribution in [1.82, 2.24) is 0 Å². The molecule has 0 spiro atoms. The van der Waals surface area contributed by atoms with Gasteiger partial charge >= 0.3 is 0 Å². The van der Waals surface area contributed by atoms with E-state index in [0.29, 0.717) is 36.9 Å². The molecular formula is C19H26O3. The van der Waals surface area contributed by atoms with Gasteiger partial charge in [0.25, 0.3) is 0 Å². The normalized spacial score (nSPS) is 51.0. The van der Waals surface area contributed by atoms with E-state index in [2.05, 4.69) is 13.8 Å². The highest BCUT2D eigenvalue weighted by molar-refractivity contribution is 5.91. The minimum Gasteiger partial charge on any atom is -0.393 e. The number of Topliss-reactive ketones (excluding diaryl/α,β-unsaturated/α-hetero) is 1. The quantitative estimate of drug-likeness (QED) is 0.748. The van der Waals surface area contributed by atoms with Crippen molar-refractivity contribution < 1.29 is 14.7 Å². The molecular weight excluding hydrogens is 276 g/mol. The summed E-state index contributed by atoms with van der Waals surface area (Å²) in [6.07, 6.45) is 7.24. The van der Waals surface area contributed by atoms with Gasteiger partial charge in [-0.1, -0.05) is 19.4 Å². The fourth-order valence-electron chi connectivity index (χ4n) is 6.46. The monoisotopic (exact) mass is 302 g/mol. The third-order valence-corrected chi connectivity index (χ3v) is 7.61. The topological polar surface area (TPSA) is 54.4 Å². The van der Waals surface area contributed by atoms with Crippen LogP contribution in [-0.2, 0) is 9.59 Å². The maximum atomic E-state index is 12.4. The molecule has 0 radical (unpaired) electrons. The zero-order valence-electron chi connectivity index (χ0n) is 13.6. The Balaban J connectivity index is 1.75. The standard InChI is InChI=1S/C19H26O3/c1-18-8-7-12(20)9-11(18)3-4-13-14-5-6-16(22)19(14,2)10-15(21)17(13)18/h9,13-15,17,21H,3-8,10H2,1-2H3/t13-,14-,15-,17+,18?,19-/m0/s1. The summed E-state index contributed by atoms with van der Waals surface area (Å²) in [6.45, 7) is 4.34. The maximum absolute atomic E-state index is 12.4. The summed E-state index contributed by atoms with van der Waals surface area (Å²) in [5, 5.41) is 10.9. The number of aliphatic hydroxyl groups excluding tert-OH is 1. The van der Waals surface area contributed by atoms with Crippen LogP contribution in [0.25, 0.3) is 0 Å². The molecule has 1 N–H and O–H groups in total. The van der Waals surface area contributed by atoms with Crippen LogP contribution in [0.15, 0.2) is 11.6 Å². The van der Waals surface area contributed by atoms with Gasteiger partial charge < -0.3 is 5.11 Å². The van der Waals surface area contributed by atoms with E-state index in [1.54, 1.807) is 0 Å². The Labute approximate surface area is 132 Å². The molecule has 0 bridgehead atoms. The molecule has 0 saturated heterocycles. The van der Waals surface area contributed by atoms with Crippen molar-refractivity contribution in [2.75, 3.05) is 0 Å². The highest BCUT2D eigenvalue weighted by Gasteiger charge is 2.61. The molecule has 4 rings (SSSR count). The number of hydrogen-bond acceptors (Lipinski definition) is 3. The van der Waals surface area contributed by atoms with E-state index in [0.717, 1.165) is 25.7 Å². The first-order valence-electron chi connectivity index (χ1n) is 8.81. The third kappa shape index (κ3) is 1.72. The Morgan fingerprint density at radius 3 is 2.64 bits per heavy atom. The number of rotatable bonds is 0. The van der Waals surface area contributed by atoms with Crippen molar-refractivity contribution in [2.24, 2.45) is 28.6 Å². The smallest absolute Gasteiger partial charge is 0.155 e. The van der Waals surface area contributed by atoms with Crippen molar-refractivity contribution in [1.29, 1.82) is 0 Å². The van der Waals surface area contributed by atoms with E-state index in [4.69, 9.17) is 0 Å². The largest absolute Gasteiger partial charge is 0.393 e. The fraction of sp³-hybridized carbons (Fsp3) is 0.789. The molecule has 0 aromatic rings. The average Bonchev–Trinajstić information content (AvgIpc) is 2.75. The SMILES string of the molecule is CC12CCC(=O)C=C1CC[C@@H]1[C@@H]2[C@@H](O)C[C@]2(C)C(=O)CC[C@@H]12. The molecule has 120 valence electrons. The van der Waals surface area contributed by atoms with Gasteiger partial charge in [0.1, 0.15) is 5.78 Å². The Hall–Kier alpha value is -0.960. The molecule has 0 aliphatic heterocycles. The van der Waals surface area contributed by atoms with Crippen LogP contribution in [0.2, 0.25) is 0 Å². The second kappa shape index (κ2) is 4.53. The lowest BCUT2D eigenvalue weighted by molar-refractivity contribution is -0.147. The molecule has 3 nitrogen and oxygen atoms in total. The number of carbonyl (C=O) groups excluding carboxylic acids is 2. The van der Waals surface area contributed by atoms with Crippen LogP contribution >= 0.6 is 0 Å². The van der Waals surface area contributed by atoms with Gasteiger partial charge in [0.15, 0.2) is 5.78 Å². The molecule has 22 heavy (non-hydrogen) atoms. The van der Waals surface area contributed by atoms with Crippen LogP contribution in [0, 0.1) is 28.6 Å². The lowest BCUT2D eigenvalue weighted by Crippen LogP contribution is -2.56. The van der Waals surface area contributed by atoms with Crippen molar-refractivity contribution >= 4 is 11.6 Å². The second-order valence-electron chi connectivity index (χ2n) is 8.54. The molecule has 4 aliphatic rings. The van der Waals surface area contributed by atoms with Crippen LogP contribution in [0.5, 0.6) is 0 Å². The number of hydrogen-bond donors (Lipinski definition) is 1. The van der Waals surface area contributed by atoms with Gasteiger partial charge in [0.2, 0.25) is 0 Å². The highest BCUT2D eigenvalue weighted by atomic mass is 16.3. The van der Waals surface area contributed by atoms with E-state index in [9.17, 15) is 14.7 Å². The van der Waals surface area contributed by atoms with Crippen molar-refractivity contribution in [3.05, 3.63) is 11.6 Å². The van der Waals surface area contributed by atoms with E-state index in [1.165, 1.54) is 5.57 Å². The minimum absolute atomic E-state index is 0.0385. The van der Waals surface area contributed by atoms with E-state index < -0.39 is 6.10 Å². The molecule has 0 heterocycles. The van der Waals surface area contributed by atoms with E-state index in [1.807, 2.05) is 6.08 Å². The molecule has 3 saturated carbocycles. The first-order chi connectivity index (χ1) is 10.4. The molecule has 6 atom stereocenters. The Kier molecular flexibility index (Phi) is 3.01. The Morgan fingerprint density at radius 1 is 1.09 bits per heavy atom. The summed E-state index contributed by atoms with van der Waals surface area (Å²) < 4.78 is 0. The fourth-order valence-corrected chi connectivity index (χ4v) is 6.46. The number of carbonyl (C=O) groups is 2. The van der Waals surface area contributed by atoms with Crippen LogP contribution in [-0.4, -0.2) is 22.8 Å². The molecule has 1 unspecified atom stereocenters. The molecule has 4 aliphatic carbocycles. The van der Waals surface area contributed by atoms with Gasteiger partial charge in [-0.3, -0.25) is 9.59 Å². The average molecular weight is 302 g/mol. The molecule has 3 fully saturated rings. The highest BCUT2D eigenvalue weighted by Crippen LogP contribution is 2.64.